The number of fused-ring (bicyclic) bond motifs is 2. The van der Waals surface area contributed by atoms with E-state index in [1.54, 1.807) is 6.07 Å². The van der Waals surface area contributed by atoms with Gasteiger partial charge in [0.05, 0.1) is 4.90 Å². The molecule has 0 bridgehead atoms. The van der Waals surface area contributed by atoms with Gasteiger partial charge in [0.2, 0.25) is 10.0 Å². The number of primary sulfonamides is 1. The summed E-state index contributed by atoms with van der Waals surface area (Å²) in [7, 11) is -3.99. The number of nitrogens with two attached hydrogens (primary N) is 1. The summed E-state index contributed by atoms with van der Waals surface area (Å²) in [5.41, 5.74) is 4.90. The van der Waals surface area contributed by atoms with E-state index in [4.69, 9.17) is 9.88 Å². The largest absolute Gasteiger partial charge is 0.426 e. The van der Waals surface area contributed by atoms with Crippen LogP contribution >= 0.6 is 0 Å². The van der Waals surface area contributed by atoms with Crippen molar-refractivity contribution < 1.29 is 17.9 Å². The molecular weight excluding hydrogens is 470 g/mol. The Kier molecular flexibility index (Phi) is 6.08. The lowest BCUT2D eigenvalue weighted by atomic mass is 9.92. The second kappa shape index (κ2) is 9.22. The van der Waals surface area contributed by atoms with Gasteiger partial charge in [-0.15, -0.1) is 0 Å². The number of carbonyl (C=O) groups is 1. The van der Waals surface area contributed by atoms with Crippen molar-refractivity contribution >= 4 is 38.6 Å². The highest BCUT2D eigenvalue weighted by atomic mass is 32.2. The van der Waals surface area contributed by atoms with Gasteiger partial charge in [-0.1, -0.05) is 78.9 Å². The second-order valence-corrected chi connectivity index (χ2v) is 10.4. The molecule has 1 aliphatic carbocycles. The van der Waals surface area contributed by atoms with E-state index in [0.717, 1.165) is 33.0 Å². The van der Waals surface area contributed by atoms with Crippen LogP contribution in [0.4, 0.5) is 0 Å². The molecule has 36 heavy (non-hydrogen) atoms. The molecule has 4 aromatic carbocycles. The molecule has 0 radical (unpaired) electrons. The fourth-order valence-electron chi connectivity index (χ4n) is 4.76. The molecule has 6 heteroatoms. The molecule has 0 fully saturated rings. The molecule has 2 N–H and O–H groups in total. The molecule has 1 unspecified atom stereocenters. The minimum absolute atomic E-state index is 0.0504. The molecule has 5 rings (SSSR count). The Labute approximate surface area is 210 Å². The number of sulfonamides is 1. The summed E-state index contributed by atoms with van der Waals surface area (Å²) in [4.78, 5) is 12.0. The van der Waals surface area contributed by atoms with Gasteiger partial charge in [0.1, 0.15) is 5.76 Å². The molecule has 0 spiro atoms. The molecule has 0 saturated heterocycles. The second-order valence-electron chi connectivity index (χ2n) is 8.90. The first-order valence-electron chi connectivity index (χ1n) is 11.5. The maximum absolute atomic E-state index is 12.5. The van der Waals surface area contributed by atoms with Crippen LogP contribution in [0, 0.1) is 0 Å². The zero-order valence-corrected chi connectivity index (χ0v) is 20.8. The number of allylic oxidation sites excluding steroid dienone is 2. The number of hydrogen-bond donors (Lipinski definition) is 1. The van der Waals surface area contributed by atoms with Crippen LogP contribution in [0.5, 0.6) is 0 Å². The molecule has 0 saturated carbocycles. The predicted molar refractivity (Wildman–Crippen MR) is 143 cm³/mol. The minimum Gasteiger partial charge on any atom is -0.426 e. The fraction of sp³-hybridized carbons (Fsp3) is 0.100. The Morgan fingerprint density at radius 1 is 0.889 bits per heavy atom. The number of ether oxygens (including phenoxy) is 1. The molecule has 4 aromatic rings. The van der Waals surface area contributed by atoms with Crippen LogP contribution in [-0.4, -0.2) is 14.4 Å². The van der Waals surface area contributed by atoms with Crippen molar-refractivity contribution in [1.82, 2.24) is 0 Å². The van der Waals surface area contributed by atoms with Crippen molar-refractivity contribution in [3.63, 3.8) is 0 Å². The maximum atomic E-state index is 12.5. The summed E-state index contributed by atoms with van der Waals surface area (Å²) in [6, 6.07) is 26.7. The Bertz CT molecular complexity index is 1670. The van der Waals surface area contributed by atoms with Crippen LogP contribution in [0.2, 0.25) is 0 Å². The molecular formula is C30H25NO4S. The number of benzene rings is 4. The quantitative estimate of drug-likeness (QED) is 0.331. The third-order valence-corrected chi connectivity index (χ3v) is 7.40. The molecule has 1 aliphatic rings. The van der Waals surface area contributed by atoms with E-state index in [2.05, 4.69) is 6.08 Å². The van der Waals surface area contributed by atoms with E-state index in [1.807, 2.05) is 91.9 Å². The van der Waals surface area contributed by atoms with E-state index in [-0.39, 0.29) is 10.8 Å². The number of carbonyl (C=O) groups excluding carboxylic acids is 1. The summed E-state index contributed by atoms with van der Waals surface area (Å²) < 4.78 is 30.7. The van der Waals surface area contributed by atoms with Gasteiger partial charge >= 0.3 is 5.97 Å². The van der Waals surface area contributed by atoms with E-state index in [1.165, 1.54) is 6.92 Å². The SMILES string of the molecule is CC(=O)OC1=C(C)C(/C=C/c2ccccc2)c2ccc(-c3cc4ccccc4cc3S(N)(=O)=O)cc21. The number of hydrogen-bond acceptors (Lipinski definition) is 4. The fourth-order valence-corrected chi connectivity index (χ4v) is 5.53. The molecule has 0 aromatic heterocycles. The highest BCUT2D eigenvalue weighted by molar-refractivity contribution is 7.89. The zero-order chi connectivity index (χ0) is 25.4. The summed E-state index contributed by atoms with van der Waals surface area (Å²) >= 11 is 0. The first-order chi connectivity index (χ1) is 17.2. The lowest BCUT2D eigenvalue weighted by Gasteiger charge is -2.14. The Hall–Kier alpha value is -4.00. The Balaban J connectivity index is 1.67. The lowest BCUT2D eigenvalue weighted by Crippen LogP contribution is -2.13. The average Bonchev–Trinajstić information content (AvgIpc) is 3.11. The monoisotopic (exact) mass is 495 g/mol. The summed E-state index contributed by atoms with van der Waals surface area (Å²) in [6.45, 7) is 3.32. The van der Waals surface area contributed by atoms with Crippen molar-refractivity contribution in [2.75, 3.05) is 0 Å². The van der Waals surface area contributed by atoms with Crippen LogP contribution in [0.25, 0.3) is 33.7 Å². The lowest BCUT2D eigenvalue weighted by molar-refractivity contribution is -0.134. The molecule has 180 valence electrons. The van der Waals surface area contributed by atoms with E-state index < -0.39 is 16.0 Å². The van der Waals surface area contributed by atoms with Crippen LogP contribution in [0.15, 0.2) is 101 Å². The van der Waals surface area contributed by atoms with Crippen LogP contribution in [0.1, 0.15) is 36.5 Å². The van der Waals surface area contributed by atoms with E-state index >= 15 is 0 Å². The summed E-state index contributed by atoms with van der Waals surface area (Å²) in [6.07, 6.45) is 4.14. The first-order valence-corrected chi connectivity index (χ1v) is 13.1. The van der Waals surface area contributed by atoms with Crippen molar-refractivity contribution in [1.29, 1.82) is 0 Å². The van der Waals surface area contributed by atoms with Gasteiger partial charge in [0, 0.05) is 24.0 Å². The Morgan fingerprint density at radius 3 is 2.22 bits per heavy atom. The smallest absolute Gasteiger partial charge is 0.308 e. The van der Waals surface area contributed by atoms with Gasteiger partial charge in [0.15, 0.2) is 0 Å². The summed E-state index contributed by atoms with van der Waals surface area (Å²) in [5, 5.41) is 7.30. The van der Waals surface area contributed by atoms with Crippen LogP contribution in [0.3, 0.4) is 0 Å². The predicted octanol–water partition coefficient (Wildman–Crippen LogP) is 6.26. The normalized spacial score (nSPS) is 15.5. The van der Waals surface area contributed by atoms with Gasteiger partial charge in [-0.25, -0.2) is 13.6 Å². The standard InChI is InChI=1S/C30H25NO4S/c1-19-25(14-12-21-8-4-3-5-9-21)26-15-13-24(17-28(26)30(19)35-20(2)32)27-16-22-10-6-7-11-23(22)18-29(27)36(31,33)34/h3-18,25H,1-2H3,(H2,31,33,34)/b14-12+. The van der Waals surface area contributed by atoms with Crippen LogP contribution < -0.4 is 5.14 Å². The minimum atomic E-state index is -3.99. The number of rotatable bonds is 5. The number of esters is 1. The van der Waals surface area contributed by atoms with Crippen molar-refractivity contribution in [2.24, 2.45) is 5.14 Å². The van der Waals surface area contributed by atoms with E-state index in [9.17, 15) is 13.2 Å². The van der Waals surface area contributed by atoms with Gasteiger partial charge < -0.3 is 4.74 Å². The van der Waals surface area contributed by atoms with Gasteiger partial charge in [-0.2, -0.15) is 0 Å². The summed E-state index contributed by atoms with van der Waals surface area (Å²) in [5.74, 6) is 0.00208. The van der Waals surface area contributed by atoms with E-state index in [0.29, 0.717) is 16.9 Å². The Morgan fingerprint density at radius 2 is 1.56 bits per heavy atom. The maximum Gasteiger partial charge on any atom is 0.308 e. The highest BCUT2D eigenvalue weighted by Crippen LogP contribution is 2.45. The molecule has 0 amide bonds. The van der Waals surface area contributed by atoms with Crippen molar-refractivity contribution in [2.45, 2.75) is 24.7 Å². The molecule has 0 aliphatic heterocycles. The van der Waals surface area contributed by atoms with Crippen molar-refractivity contribution in [3.05, 3.63) is 113 Å². The van der Waals surface area contributed by atoms with Crippen molar-refractivity contribution in [3.8, 4) is 11.1 Å². The zero-order valence-electron chi connectivity index (χ0n) is 19.9. The topological polar surface area (TPSA) is 86.5 Å². The van der Waals surface area contributed by atoms with Gasteiger partial charge in [-0.05, 0) is 58.2 Å². The third-order valence-electron chi connectivity index (χ3n) is 6.45. The van der Waals surface area contributed by atoms with Gasteiger partial charge in [0.25, 0.3) is 0 Å². The highest BCUT2D eigenvalue weighted by Gasteiger charge is 2.30. The first kappa shape index (κ1) is 23.7. The molecule has 0 heterocycles. The van der Waals surface area contributed by atoms with Crippen LogP contribution in [-0.2, 0) is 19.6 Å². The average molecular weight is 496 g/mol. The molecule has 5 nitrogen and oxygen atoms in total. The van der Waals surface area contributed by atoms with Gasteiger partial charge in [-0.3, -0.25) is 4.79 Å². The third kappa shape index (κ3) is 4.49. The molecule has 1 atom stereocenters.